The highest BCUT2D eigenvalue weighted by Crippen LogP contribution is 2.71. The molecular weight excluding hydrogens is 613 g/mol. The Kier molecular flexibility index (Phi) is 6.98. The topological polar surface area (TPSA) is 77.5 Å². The van der Waals surface area contributed by atoms with Crippen LogP contribution in [0.5, 0.6) is 0 Å². The maximum atomic E-state index is 14.2. The van der Waals surface area contributed by atoms with E-state index < -0.39 is 5.41 Å². The fourth-order valence-electron chi connectivity index (χ4n) is 10.4. The van der Waals surface area contributed by atoms with Gasteiger partial charge in [0.1, 0.15) is 22.7 Å². The normalized spacial score (nSPS) is 37.6. The molecule has 240 valence electrons. The molecule has 8 heteroatoms. The van der Waals surface area contributed by atoms with Crippen molar-refractivity contribution < 1.29 is 19.1 Å². The SMILES string of the molecule is CCC1(/C=C2\OC(=O)C3=C2CC[C@H]2[C@@H]4CC[C@@]5(C6=C4Cc4ccnc7c4C=C[C@H](N7)SSC[C@@H](C)C/C=C\5OC6=O)[C@@H]32)CCCC1. The molecule has 10 aliphatic rings. The number of carbonyl (C=O) groups excluding carboxylic acids is 2. The fraction of sp³-hybridized carbons (Fsp3) is 0.553. The van der Waals surface area contributed by atoms with E-state index in [4.69, 9.17) is 14.5 Å². The molecule has 0 unspecified atom stereocenters. The molecule has 1 saturated heterocycles. The van der Waals surface area contributed by atoms with Gasteiger partial charge in [-0.05, 0) is 105 Å². The predicted octanol–water partition coefficient (Wildman–Crippen LogP) is 8.69. The van der Waals surface area contributed by atoms with Gasteiger partial charge in [-0.3, -0.25) is 0 Å². The van der Waals surface area contributed by atoms with E-state index in [0.29, 0.717) is 12.3 Å². The van der Waals surface area contributed by atoms with Crippen LogP contribution in [-0.4, -0.2) is 28.0 Å². The largest absolute Gasteiger partial charge is 0.427 e. The number of esters is 2. The second kappa shape index (κ2) is 10.9. The lowest BCUT2D eigenvalue weighted by Gasteiger charge is -2.56. The van der Waals surface area contributed by atoms with Crippen molar-refractivity contribution in [2.24, 2.45) is 34.5 Å². The van der Waals surface area contributed by atoms with Crippen LogP contribution < -0.4 is 5.32 Å². The van der Waals surface area contributed by atoms with Crippen LogP contribution >= 0.6 is 21.6 Å². The maximum absolute atomic E-state index is 14.2. The molecule has 5 aliphatic carbocycles. The van der Waals surface area contributed by atoms with E-state index in [9.17, 15) is 9.59 Å². The van der Waals surface area contributed by atoms with E-state index in [1.807, 2.05) is 27.8 Å². The molecule has 6 nitrogen and oxygen atoms in total. The Labute approximate surface area is 279 Å². The summed E-state index contributed by atoms with van der Waals surface area (Å²) >= 11 is 0. The molecule has 6 atom stereocenters. The molecule has 1 N–H and O–H groups in total. The Hall–Kier alpha value is -2.71. The second-order valence-corrected chi connectivity index (χ2v) is 17.5. The molecule has 46 heavy (non-hydrogen) atoms. The van der Waals surface area contributed by atoms with Gasteiger partial charge in [0.25, 0.3) is 0 Å². The summed E-state index contributed by atoms with van der Waals surface area (Å²) in [6, 6.07) is 2.12. The minimum atomic E-state index is -0.609. The van der Waals surface area contributed by atoms with Crippen LogP contribution in [0.15, 0.2) is 64.3 Å². The van der Waals surface area contributed by atoms with Crippen molar-refractivity contribution in [3.63, 3.8) is 0 Å². The van der Waals surface area contributed by atoms with Crippen LogP contribution in [0.1, 0.15) is 89.2 Å². The van der Waals surface area contributed by atoms with E-state index in [2.05, 4.69) is 49.5 Å². The molecule has 1 aromatic heterocycles. The maximum Gasteiger partial charge on any atom is 0.340 e. The fourth-order valence-corrected chi connectivity index (χ4v) is 13.0. The molecule has 11 rings (SSSR count). The summed E-state index contributed by atoms with van der Waals surface area (Å²) in [5.41, 5.74) is 5.87. The van der Waals surface area contributed by atoms with Gasteiger partial charge in [0.05, 0.1) is 11.0 Å². The zero-order valence-corrected chi connectivity index (χ0v) is 28.4. The van der Waals surface area contributed by atoms with Gasteiger partial charge in [-0.1, -0.05) is 66.0 Å². The van der Waals surface area contributed by atoms with Crippen LogP contribution in [0.4, 0.5) is 5.82 Å². The number of aromatic nitrogens is 1. The van der Waals surface area contributed by atoms with Gasteiger partial charge in [-0.25, -0.2) is 14.6 Å². The lowest BCUT2D eigenvalue weighted by Crippen LogP contribution is -2.52. The first-order valence-electron chi connectivity index (χ1n) is 17.5. The number of anilines is 1. The summed E-state index contributed by atoms with van der Waals surface area (Å²) in [5.74, 6) is 3.98. The number of fused-ring (bicyclic) bond motifs is 6. The van der Waals surface area contributed by atoms with Crippen molar-refractivity contribution in [3.8, 4) is 0 Å². The van der Waals surface area contributed by atoms with E-state index in [0.717, 1.165) is 96.7 Å². The van der Waals surface area contributed by atoms with E-state index in [1.165, 1.54) is 24.0 Å². The lowest BCUT2D eigenvalue weighted by atomic mass is 9.44. The van der Waals surface area contributed by atoms with Crippen molar-refractivity contribution in [2.75, 3.05) is 11.1 Å². The molecule has 3 fully saturated rings. The van der Waals surface area contributed by atoms with Crippen LogP contribution in [0, 0.1) is 34.5 Å². The highest BCUT2D eigenvalue weighted by molar-refractivity contribution is 8.77. The predicted molar refractivity (Wildman–Crippen MR) is 183 cm³/mol. The summed E-state index contributed by atoms with van der Waals surface area (Å²) in [4.78, 5) is 33.0. The number of cyclic esters (lactones) is 1. The molecule has 2 saturated carbocycles. The third-order valence-corrected chi connectivity index (χ3v) is 15.4. The van der Waals surface area contributed by atoms with Gasteiger partial charge in [0.2, 0.25) is 0 Å². The number of carbonyl (C=O) groups is 2. The Bertz CT molecular complexity index is 1700. The molecule has 0 amide bonds. The quantitative estimate of drug-likeness (QED) is 0.251. The lowest BCUT2D eigenvalue weighted by molar-refractivity contribution is -0.135. The number of rotatable bonds is 2. The number of nitrogens with one attached hydrogen (secondary N) is 1. The zero-order chi connectivity index (χ0) is 31.2. The van der Waals surface area contributed by atoms with Crippen LogP contribution in [0.25, 0.3) is 6.08 Å². The molecule has 1 spiro atoms. The van der Waals surface area contributed by atoms with Gasteiger partial charge < -0.3 is 14.8 Å². The number of hydrogen-bond donors (Lipinski definition) is 1. The summed E-state index contributed by atoms with van der Waals surface area (Å²) in [6.45, 7) is 4.55. The summed E-state index contributed by atoms with van der Waals surface area (Å²) in [5, 5.41) is 3.81. The summed E-state index contributed by atoms with van der Waals surface area (Å²) < 4.78 is 12.6. The highest BCUT2D eigenvalue weighted by Gasteiger charge is 2.68. The Balaban J connectivity index is 1.22. The van der Waals surface area contributed by atoms with Gasteiger partial charge in [0.15, 0.2) is 0 Å². The van der Waals surface area contributed by atoms with Crippen molar-refractivity contribution >= 4 is 45.4 Å². The number of pyridine rings is 1. The van der Waals surface area contributed by atoms with Crippen molar-refractivity contribution in [3.05, 3.63) is 75.4 Å². The van der Waals surface area contributed by atoms with Crippen molar-refractivity contribution in [2.45, 2.75) is 89.9 Å². The zero-order valence-electron chi connectivity index (χ0n) is 26.7. The van der Waals surface area contributed by atoms with Crippen LogP contribution in [0.3, 0.4) is 0 Å². The van der Waals surface area contributed by atoms with E-state index in [-0.39, 0.29) is 40.5 Å². The number of ether oxygens (including phenoxy) is 2. The Morgan fingerprint density at radius 1 is 1.13 bits per heavy atom. The average molecular weight is 655 g/mol. The van der Waals surface area contributed by atoms with Crippen LogP contribution in [-0.2, 0) is 25.5 Å². The minimum absolute atomic E-state index is 0.0844. The van der Waals surface area contributed by atoms with Gasteiger partial charge in [-0.2, -0.15) is 0 Å². The number of nitrogens with zero attached hydrogens (tertiary/aromatic N) is 1. The van der Waals surface area contributed by atoms with E-state index >= 15 is 0 Å². The monoisotopic (exact) mass is 654 g/mol. The molecular formula is C38H42N2O4S2. The molecule has 9 bridgehead atoms. The number of allylic oxidation sites excluding steroid dienone is 5. The first kappa shape index (κ1) is 29.4. The summed E-state index contributed by atoms with van der Waals surface area (Å²) in [6.07, 6.45) is 22.0. The highest BCUT2D eigenvalue weighted by atomic mass is 33.1. The summed E-state index contributed by atoms with van der Waals surface area (Å²) in [7, 11) is 3.71. The number of hydrogen-bond acceptors (Lipinski definition) is 8. The average Bonchev–Trinajstić information content (AvgIpc) is 3.75. The van der Waals surface area contributed by atoms with Gasteiger partial charge >= 0.3 is 11.9 Å². The molecule has 1 aromatic rings. The Morgan fingerprint density at radius 2 is 2.00 bits per heavy atom. The smallest absolute Gasteiger partial charge is 0.340 e. The second-order valence-electron chi connectivity index (χ2n) is 14.9. The molecule has 0 aromatic carbocycles. The molecule has 5 aliphatic heterocycles. The molecule has 0 radical (unpaired) electrons. The van der Waals surface area contributed by atoms with Crippen LogP contribution in [0.2, 0.25) is 0 Å². The molecule has 6 heterocycles. The van der Waals surface area contributed by atoms with E-state index in [1.54, 1.807) is 0 Å². The Morgan fingerprint density at radius 3 is 2.85 bits per heavy atom. The first-order chi connectivity index (χ1) is 22.4. The van der Waals surface area contributed by atoms with Crippen molar-refractivity contribution in [1.29, 1.82) is 0 Å². The standard InChI is InChI=1S/C38H42N2O4S2/c1-3-37(14-4-5-15-37)19-28-26-8-7-25-24-12-16-38(32(25)31(26)35(41)43-28)29-10-6-21(2)20-45-46-30-11-9-23-22(13-17-39-34(23)40-30)18-27(24)33(38)36(42)44-29/h9-11,13,17,19,21,24-25,30,32H,3-8,12,14-16,18,20H2,1-2H3,(H,39,40)/b28-19-,29-10+/t21-,24-,25-,30+,32+,38-/m0/s1. The first-order valence-corrected chi connectivity index (χ1v) is 19.8. The minimum Gasteiger partial charge on any atom is -0.427 e. The van der Waals surface area contributed by atoms with Gasteiger partial charge in [-0.15, -0.1) is 0 Å². The van der Waals surface area contributed by atoms with Crippen molar-refractivity contribution in [1.82, 2.24) is 4.98 Å². The van der Waals surface area contributed by atoms with Gasteiger partial charge in [0, 0.05) is 34.6 Å². The third kappa shape index (κ3) is 4.27. The third-order valence-electron chi connectivity index (χ3n) is 12.6.